The minimum Gasteiger partial charge on any atom is -0.493 e. The molecule has 4 amide bonds. The minimum absolute atomic E-state index is 0.0247. The molecule has 6 aromatic rings. The number of methoxy groups -OCH3 is 1. The van der Waals surface area contributed by atoms with Crippen molar-refractivity contribution in [1.82, 2.24) is 9.13 Å². The molecule has 0 bridgehead atoms. The molecular weight excluding hydrogens is 747 g/mol. The zero-order valence-corrected chi connectivity index (χ0v) is 33.1. The van der Waals surface area contributed by atoms with E-state index in [9.17, 15) is 19.2 Å². The zero-order valence-electron chi connectivity index (χ0n) is 33.1. The molecule has 1 atom stereocenters. The van der Waals surface area contributed by atoms with E-state index in [1.54, 1.807) is 78.0 Å². The van der Waals surface area contributed by atoms with Crippen molar-refractivity contribution in [3.8, 4) is 22.6 Å². The number of anilines is 5. The molecule has 2 aromatic heterocycles. The molecule has 0 unspecified atom stereocenters. The van der Waals surface area contributed by atoms with Gasteiger partial charge in [0, 0.05) is 72.8 Å². The molecule has 8 rings (SSSR count). The summed E-state index contributed by atoms with van der Waals surface area (Å²) in [4.78, 5) is 54.8. The number of carbonyl (C=O) groups excluding carboxylic acids is 4. The SMILES string of the molecule is COc1cc2c(cc1OCCCC(=O)Nc1cc(C(=O)Nc3ccc(-c4cc(C(=O)Nc5ccc(N)cc5)n(C)c4)cc3)n(C)c1)CC[C@@H]1Cc3ccccc3N1C2=O. The molecule has 300 valence electrons. The fraction of sp³-hybridized carbons (Fsp3) is 0.217. The maximum atomic E-state index is 13.8. The predicted octanol–water partition coefficient (Wildman–Crippen LogP) is 7.44. The van der Waals surface area contributed by atoms with Gasteiger partial charge in [0.1, 0.15) is 11.4 Å². The lowest BCUT2D eigenvalue weighted by molar-refractivity contribution is -0.116. The molecule has 0 saturated carbocycles. The number of fused-ring (bicyclic) bond motifs is 4. The first-order chi connectivity index (χ1) is 28.5. The Morgan fingerprint density at radius 3 is 2.15 bits per heavy atom. The lowest BCUT2D eigenvalue weighted by atomic mass is 9.99. The van der Waals surface area contributed by atoms with Crippen LogP contribution in [0.1, 0.15) is 61.7 Å². The Balaban J connectivity index is 0.824. The van der Waals surface area contributed by atoms with Crippen LogP contribution < -0.4 is 36.1 Å². The topological polar surface area (TPSA) is 162 Å². The number of nitrogen functional groups attached to an aromatic ring is 1. The molecule has 0 aliphatic carbocycles. The highest BCUT2D eigenvalue weighted by atomic mass is 16.5. The van der Waals surface area contributed by atoms with Gasteiger partial charge in [0.2, 0.25) is 5.91 Å². The standard InChI is InChI=1S/C46H45N7O6/c1-51-26-31(22-39(51)44(55)50-34-17-13-32(47)14-18-34)28-10-15-33(16-11-28)49-45(56)40-24-35(27-52(40)2)48-43(54)9-6-20-59-42-23-29-12-19-36-21-30-7-4-5-8-38(30)53(36)46(57)37(29)25-41(42)58-3/h4-5,7-8,10-11,13-18,22-27,36H,6,9,12,19-21,47H2,1-3H3,(H,48,54)(H,49,56)(H,50,55)/t36-/m1/s1. The number of benzene rings is 4. The van der Waals surface area contributed by atoms with Crippen LogP contribution in [0.5, 0.6) is 11.5 Å². The number of aryl methyl sites for hydroxylation is 3. The number of hydrogen-bond acceptors (Lipinski definition) is 7. The van der Waals surface area contributed by atoms with Crippen LogP contribution in [0.3, 0.4) is 0 Å². The highest BCUT2D eigenvalue weighted by Crippen LogP contribution is 2.40. The first-order valence-electron chi connectivity index (χ1n) is 19.5. The van der Waals surface area contributed by atoms with Crippen molar-refractivity contribution >= 4 is 52.1 Å². The number of nitrogens with two attached hydrogens (primary N) is 1. The van der Waals surface area contributed by atoms with Gasteiger partial charge in [-0.15, -0.1) is 0 Å². The summed E-state index contributed by atoms with van der Waals surface area (Å²) in [6, 6.07) is 29.6. The number of aromatic nitrogens is 2. The highest BCUT2D eigenvalue weighted by molar-refractivity contribution is 6.10. The monoisotopic (exact) mass is 791 g/mol. The Kier molecular flexibility index (Phi) is 10.7. The minimum atomic E-state index is -0.336. The number of ether oxygens (including phenoxy) is 2. The molecule has 0 fully saturated rings. The summed E-state index contributed by atoms with van der Waals surface area (Å²) in [5, 5.41) is 8.68. The van der Waals surface area contributed by atoms with E-state index < -0.39 is 0 Å². The third-order valence-electron chi connectivity index (χ3n) is 10.9. The van der Waals surface area contributed by atoms with Gasteiger partial charge in [-0.2, -0.15) is 0 Å². The largest absolute Gasteiger partial charge is 0.493 e. The molecule has 0 radical (unpaired) electrons. The quantitative estimate of drug-likeness (QED) is 0.0740. The number of para-hydroxylation sites is 1. The summed E-state index contributed by atoms with van der Waals surface area (Å²) in [7, 11) is 5.10. The molecule has 13 nitrogen and oxygen atoms in total. The number of nitrogens with one attached hydrogen (secondary N) is 3. The lowest BCUT2D eigenvalue weighted by Crippen LogP contribution is -2.36. The van der Waals surface area contributed by atoms with E-state index in [2.05, 4.69) is 22.0 Å². The summed E-state index contributed by atoms with van der Waals surface area (Å²) in [6.45, 7) is 0.269. The maximum absolute atomic E-state index is 13.8. The van der Waals surface area contributed by atoms with Gasteiger partial charge in [-0.05, 0) is 109 Å². The number of nitrogens with zero attached hydrogens (tertiary/aromatic N) is 3. The van der Waals surface area contributed by atoms with Crippen LogP contribution in [0.25, 0.3) is 11.1 Å². The molecule has 2 aliphatic rings. The van der Waals surface area contributed by atoms with Crippen LogP contribution in [-0.4, -0.2) is 52.5 Å². The van der Waals surface area contributed by atoms with Gasteiger partial charge < -0.3 is 45.2 Å². The van der Waals surface area contributed by atoms with Gasteiger partial charge in [0.05, 0.1) is 19.4 Å². The van der Waals surface area contributed by atoms with E-state index >= 15 is 0 Å². The van der Waals surface area contributed by atoms with Crippen LogP contribution in [0, 0.1) is 0 Å². The van der Waals surface area contributed by atoms with Crippen molar-refractivity contribution in [2.45, 2.75) is 38.1 Å². The number of rotatable bonds is 12. The molecule has 5 N–H and O–H groups in total. The second-order valence-electron chi connectivity index (χ2n) is 14.9. The average molecular weight is 792 g/mol. The molecule has 4 heterocycles. The second-order valence-corrected chi connectivity index (χ2v) is 14.9. The molecular formula is C46H45N7O6. The fourth-order valence-corrected chi connectivity index (χ4v) is 7.85. The van der Waals surface area contributed by atoms with Crippen molar-refractivity contribution in [3.63, 3.8) is 0 Å². The zero-order chi connectivity index (χ0) is 41.2. The van der Waals surface area contributed by atoms with Crippen LogP contribution in [0.15, 0.2) is 109 Å². The third kappa shape index (κ3) is 8.13. The van der Waals surface area contributed by atoms with Crippen LogP contribution >= 0.6 is 0 Å². The van der Waals surface area contributed by atoms with Gasteiger partial charge in [-0.3, -0.25) is 19.2 Å². The van der Waals surface area contributed by atoms with Crippen molar-refractivity contribution < 1.29 is 28.7 Å². The molecule has 0 saturated heterocycles. The fourth-order valence-electron chi connectivity index (χ4n) is 7.85. The Morgan fingerprint density at radius 2 is 1.42 bits per heavy atom. The van der Waals surface area contributed by atoms with Crippen LogP contribution in [-0.2, 0) is 31.7 Å². The first kappa shape index (κ1) is 38.6. The van der Waals surface area contributed by atoms with Gasteiger partial charge >= 0.3 is 0 Å². The maximum Gasteiger partial charge on any atom is 0.272 e. The van der Waals surface area contributed by atoms with Gasteiger partial charge in [-0.1, -0.05) is 30.3 Å². The Morgan fingerprint density at radius 1 is 0.746 bits per heavy atom. The van der Waals surface area contributed by atoms with Gasteiger partial charge in [-0.25, -0.2) is 0 Å². The summed E-state index contributed by atoms with van der Waals surface area (Å²) in [6.07, 6.45) is 6.63. The summed E-state index contributed by atoms with van der Waals surface area (Å²) < 4.78 is 15.1. The normalized spacial score (nSPS) is 14.1. The molecule has 4 aromatic carbocycles. The Labute approximate surface area is 341 Å². The van der Waals surface area contributed by atoms with E-state index in [1.807, 2.05) is 60.6 Å². The average Bonchev–Trinajstić information content (AvgIpc) is 3.90. The highest BCUT2D eigenvalue weighted by Gasteiger charge is 2.37. The summed E-state index contributed by atoms with van der Waals surface area (Å²) in [5.74, 6) is 0.195. The number of carbonyl (C=O) groups is 4. The smallest absolute Gasteiger partial charge is 0.272 e. The Hall–Kier alpha value is -7.28. The van der Waals surface area contributed by atoms with Gasteiger partial charge in [0.25, 0.3) is 17.7 Å². The van der Waals surface area contributed by atoms with Crippen LogP contribution in [0.2, 0.25) is 0 Å². The van der Waals surface area contributed by atoms with Crippen molar-refractivity contribution in [2.75, 3.05) is 40.3 Å². The third-order valence-corrected chi connectivity index (χ3v) is 10.9. The first-order valence-corrected chi connectivity index (χ1v) is 19.5. The van der Waals surface area contributed by atoms with E-state index in [1.165, 1.54) is 5.56 Å². The number of amides is 4. The van der Waals surface area contributed by atoms with Crippen molar-refractivity contribution in [1.29, 1.82) is 0 Å². The molecule has 0 spiro atoms. The van der Waals surface area contributed by atoms with E-state index in [0.29, 0.717) is 57.6 Å². The molecule has 59 heavy (non-hydrogen) atoms. The van der Waals surface area contributed by atoms with Crippen molar-refractivity contribution in [3.05, 3.63) is 138 Å². The summed E-state index contributed by atoms with van der Waals surface area (Å²) >= 11 is 0. The van der Waals surface area contributed by atoms with Crippen molar-refractivity contribution in [2.24, 2.45) is 14.1 Å². The van der Waals surface area contributed by atoms with Crippen LogP contribution in [0.4, 0.5) is 28.4 Å². The molecule has 2 aliphatic heterocycles. The summed E-state index contributed by atoms with van der Waals surface area (Å²) in [5.41, 5.74) is 14.4. The number of hydrogen-bond donors (Lipinski definition) is 4. The second kappa shape index (κ2) is 16.3. The lowest BCUT2D eigenvalue weighted by Gasteiger charge is -2.23. The predicted molar refractivity (Wildman–Crippen MR) is 228 cm³/mol. The van der Waals surface area contributed by atoms with E-state index in [4.69, 9.17) is 15.2 Å². The molecule has 13 heteroatoms. The Bertz CT molecular complexity index is 2570. The van der Waals surface area contributed by atoms with E-state index in [0.717, 1.165) is 41.6 Å². The van der Waals surface area contributed by atoms with E-state index in [-0.39, 0.29) is 42.7 Å². The van der Waals surface area contributed by atoms with Gasteiger partial charge in [0.15, 0.2) is 11.5 Å².